The number of unbranched alkanes of at least 4 members (excludes halogenated alkanes) is 1. The molecule has 110 valence electrons. The second kappa shape index (κ2) is 8.77. The number of methoxy groups -OCH3 is 1. The average molecular weight is 275 g/mol. The lowest BCUT2D eigenvalue weighted by Gasteiger charge is -2.25. The first-order valence-corrected chi connectivity index (χ1v) is 7.47. The van der Waals surface area contributed by atoms with Gasteiger partial charge in [0, 0.05) is 19.6 Å². The van der Waals surface area contributed by atoms with Crippen LogP contribution in [0.15, 0.2) is 36.4 Å². The summed E-state index contributed by atoms with van der Waals surface area (Å²) in [6.45, 7) is 4.93. The summed E-state index contributed by atoms with van der Waals surface area (Å²) in [6.07, 6.45) is 7.95. The van der Waals surface area contributed by atoms with E-state index in [4.69, 9.17) is 9.47 Å². The normalized spacial score (nSPS) is 16.6. The van der Waals surface area contributed by atoms with E-state index in [2.05, 4.69) is 29.2 Å². The fourth-order valence-corrected chi connectivity index (χ4v) is 2.45. The molecule has 1 aliphatic heterocycles. The van der Waals surface area contributed by atoms with Crippen LogP contribution in [0.25, 0.3) is 0 Å². The average Bonchev–Trinajstić information content (AvgIpc) is 2.52. The Balaban J connectivity index is 1.63. The molecule has 20 heavy (non-hydrogen) atoms. The molecule has 0 saturated carbocycles. The zero-order valence-electron chi connectivity index (χ0n) is 12.4. The van der Waals surface area contributed by atoms with Crippen LogP contribution in [0.3, 0.4) is 0 Å². The maximum absolute atomic E-state index is 5.37. The van der Waals surface area contributed by atoms with Gasteiger partial charge in [-0.25, -0.2) is 0 Å². The molecule has 0 N–H and O–H groups in total. The lowest BCUT2D eigenvalue weighted by atomic mass is 10.1. The van der Waals surface area contributed by atoms with Gasteiger partial charge < -0.3 is 9.47 Å². The summed E-state index contributed by atoms with van der Waals surface area (Å²) < 4.78 is 10.7. The third-order valence-electron chi connectivity index (χ3n) is 3.64. The van der Waals surface area contributed by atoms with E-state index in [0.29, 0.717) is 0 Å². The highest BCUT2D eigenvalue weighted by Gasteiger charge is 2.07. The van der Waals surface area contributed by atoms with Crippen LogP contribution >= 0.6 is 0 Å². The number of hydrogen-bond donors (Lipinski definition) is 0. The number of benzene rings is 1. The van der Waals surface area contributed by atoms with Gasteiger partial charge in [0.2, 0.25) is 0 Å². The SMILES string of the molecule is COc1ccccc1CCC/C=C/CN1CCOCC1. The third kappa shape index (κ3) is 4.99. The van der Waals surface area contributed by atoms with Crippen molar-refractivity contribution in [1.82, 2.24) is 4.90 Å². The number of aryl methyl sites for hydroxylation is 1. The van der Waals surface area contributed by atoms with Crippen molar-refractivity contribution < 1.29 is 9.47 Å². The first-order valence-electron chi connectivity index (χ1n) is 7.47. The molecule has 0 bridgehead atoms. The molecular formula is C17H25NO2. The fraction of sp³-hybridized carbons (Fsp3) is 0.529. The summed E-state index contributed by atoms with van der Waals surface area (Å²) in [5.74, 6) is 1.00. The van der Waals surface area contributed by atoms with Gasteiger partial charge in [0.1, 0.15) is 5.75 Å². The highest BCUT2D eigenvalue weighted by atomic mass is 16.5. The van der Waals surface area contributed by atoms with Gasteiger partial charge in [0.05, 0.1) is 20.3 Å². The summed E-state index contributed by atoms with van der Waals surface area (Å²) in [4.78, 5) is 2.43. The quantitative estimate of drug-likeness (QED) is 0.564. The summed E-state index contributed by atoms with van der Waals surface area (Å²) >= 11 is 0. The molecule has 1 heterocycles. The largest absolute Gasteiger partial charge is 0.496 e. The Bertz CT molecular complexity index is 411. The van der Waals surface area contributed by atoms with Crippen LogP contribution in [-0.4, -0.2) is 44.9 Å². The molecule has 0 amide bonds. The smallest absolute Gasteiger partial charge is 0.122 e. The van der Waals surface area contributed by atoms with Crippen LogP contribution < -0.4 is 4.74 Å². The van der Waals surface area contributed by atoms with Gasteiger partial charge in [-0.15, -0.1) is 0 Å². The topological polar surface area (TPSA) is 21.7 Å². The summed E-state index contributed by atoms with van der Waals surface area (Å²) in [5.41, 5.74) is 1.30. The zero-order chi connectivity index (χ0) is 14.0. The van der Waals surface area contributed by atoms with Gasteiger partial charge in [0.15, 0.2) is 0 Å². The Kier molecular flexibility index (Phi) is 6.61. The highest BCUT2D eigenvalue weighted by molar-refractivity contribution is 5.33. The van der Waals surface area contributed by atoms with E-state index in [1.807, 2.05) is 12.1 Å². The standard InChI is InChI=1S/C17H25NO2/c1-19-17-10-6-5-9-16(17)8-4-2-3-7-11-18-12-14-20-15-13-18/h3,5-7,9-10H,2,4,8,11-15H2,1H3/b7-3+. The Morgan fingerprint density at radius 1 is 1.20 bits per heavy atom. The maximum atomic E-state index is 5.37. The van der Waals surface area contributed by atoms with Crippen LogP contribution in [0.4, 0.5) is 0 Å². The molecule has 1 aromatic rings. The minimum absolute atomic E-state index is 0.877. The van der Waals surface area contributed by atoms with Crippen molar-refractivity contribution in [2.75, 3.05) is 40.0 Å². The molecule has 0 aliphatic carbocycles. The molecule has 0 radical (unpaired) electrons. The van der Waals surface area contributed by atoms with Gasteiger partial charge in [-0.05, 0) is 30.9 Å². The second-order valence-electron chi connectivity index (χ2n) is 5.09. The maximum Gasteiger partial charge on any atom is 0.122 e. The number of nitrogens with zero attached hydrogens (tertiary/aromatic N) is 1. The van der Waals surface area contributed by atoms with Crippen LogP contribution in [0.5, 0.6) is 5.75 Å². The van der Waals surface area contributed by atoms with Crippen LogP contribution in [-0.2, 0) is 11.2 Å². The number of allylic oxidation sites excluding steroid dienone is 1. The van der Waals surface area contributed by atoms with E-state index in [0.717, 1.165) is 51.4 Å². The molecule has 0 aromatic heterocycles. The van der Waals surface area contributed by atoms with Crippen molar-refractivity contribution in [1.29, 1.82) is 0 Å². The first kappa shape index (κ1) is 15.1. The molecule has 0 unspecified atom stereocenters. The first-order chi connectivity index (χ1) is 9.90. The van der Waals surface area contributed by atoms with E-state index in [-0.39, 0.29) is 0 Å². The monoisotopic (exact) mass is 275 g/mol. The highest BCUT2D eigenvalue weighted by Crippen LogP contribution is 2.19. The van der Waals surface area contributed by atoms with Crippen LogP contribution in [0, 0.1) is 0 Å². The van der Waals surface area contributed by atoms with E-state index in [1.165, 1.54) is 12.0 Å². The molecule has 3 heteroatoms. The molecule has 1 saturated heterocycles. The Morgan fingerprint density at radius 2 is 2.00 bits per heavy atom. The Hall–Kier alpha value is -1.32. The summed E-state index contributed by atoms with van der Waals surface area (Å²) in [6, 6.07) is 8.27. The molecular weight excluding hydrogens is 250 g/mol. The van der Waals surface area contributed by atoms with E-state index in [9.17, 15) is 0 Å². The molecule has 1 fully saturated rings. The number of hydrogen-bond acceptors (Lipinski definition) is 3. The molecule has 0 spiro atoms. The van der Waals surface area contributed by atoms with Crippen LogP contribution in [0.1, 0.15) is 18.4 Å². The Morgan fingerprint density at radius 3 is 2.80 bits per heavy atom. The van der Waals surface area contributed by atoms with Crippen molar-refractivity contribution in [3.63, 3.8) is 0 Å². The van der Waals surface area contributed by atoms with E-state index < -0.39 is 0 Å². The molecule has 1 aromatic carbocycles. The van der Waals surface area contributed by atoms with Gasteiger partial charge in [-0.3, -0.25) is 4.90 Å². The summed E-state index contributed by atoms with van der Waals surface area (Å²) in [7, 11) is 1.74. The number of morpholine rings is 1. The van der Waals surface area contributed by atoms with Gasteiger partial charge in [-0.2, -0.15) is 0 Å². The van der Waals surface area contributed by atoms with Crippen LogP contribution in [0.2, 0.25) is 0 Å². The lowest BCUT2D eigenvalue weighted by Crippen LogP contribution is -2.36. The fourth-order valence-electron chi connectivity index (χ4n) is 2.45. The number of para-hydroxylation sites is 1. The van der Waals surface area contributed by atoms with Gasteiger partial charge >= 0.3 is 0 Å². The minimum atomic E-state index is 0.877. The molecule has 1 aliphatic rings. The molecule has 3 nitrogen and oxygen atoms in total. The summed E-state index contributed by atoms with van der Waals surface area (Å²) in [5, 5.41) is 0. The Labute approximate surface area is 122 Å². The van der Waals surface area contributed by atoms with Crippen molar-refractivity contribution in [3.8, 4) is 5.75 Å². The second-order valence-corrected chi connectivity index (χ2v) is 5.09. The third-order valence-corrected chi connectivity index (χ3v) is 3.64. The van der Waals surface area contributed by atoms with Gasteiger partial charge in [-0.1, -0.05) is 30.4 Å². The van der Waals surface area contributed by atoms with Gasteiger partial charge in [0.25, 0.3) is 0 Å². The van der Waals surface area contributed by atoms with Crippen molar-refractivity contribution in [2.45, 2.75) is 19.3 Å². The number of ether oxygens (including phenoxy) is 2. The predicted octanol–water partition coefficient (Wildman–Crippen LogP) is 2.91. The van der Waals surface area contributed by atoms with Crippen molar-refractivity contribution in [3.05, 3.63) is 42.0 Å². The predicted molar refractivity (Wildman–Crippen MR) is 82.3 cm³/mol. The minimum Gasteiger partial charge on any atom is -0.496 e. The van der Waals surface area contributed by atoms with Crippen molar-refractivity contribution in [2.24, 2.45) is 0 Å². The lowest BCUT2D eigenvalue weighted by molar-refractivity contribution is 0.0434. The molecule has 0 atom stereocenters. The van der Waals surface area contributed by atoms with E-state index >= 15 is 0 Å². The number of rotatable bonds is 7. The molecule has 2 rings (SSSR count). The van der Waals surface area contributed by atoms with E-state index in [1.54, 1.807) is 7.11 Å². The zero-order valence-corrected chi connectivity index (χ0v) is 12.4. The van der Waals surface area contributed by atoms with Crippen molar-refractivity contribution >= 4 is 0 Å².